The minimum Gasteiger partial charge on any atom is -0.490 e. The van der Waals surface area contributed by atoms with Crippen molar-refractivity contribution in [2.75, 3.05) is 13.1 Å². The van der Waals surface area contributed by atoms with Crippen molar-refractivity contribution in [2.24, 2.45) is 11.7 Å². The first-order valence-electron chi connectivity index (χ1n) is 8.68. The van der Waals surface area contributed by atoms with Crippen LogP contribution in [0, 0.1) is 11.7 Å². The van der Waals surface area contributed by atoms with Crippen molar-refractivity contribution in [3.63, 3.8) is 0 Å². The zero-order valence-corrected chi connectivity index (χ0v) is 15.4. The Morgan fingerprint density at radius 1 is 1.19 bits per heavy atom. The summed E-state index contributed by atoms with van der Waals surface area (Å²) in [6.45, 7) is 0.796. The third-order valence-corrected chi connectivity index (χ3v) is 4.95. The summed E-state index contributed by atoms with van der Waals surface area (Å²) in [7, 11) is 0. The van der Waals surface area contributed by atoms with Crippen LogP contribution in [0.15, 0.2) is 48.5 Å². The van der Waals surface area contributed by atoms with E-state index in [9.17, 15) is 14.0 Å². The van der Waals surface area contributed by atoms with Gasteiger partial charge in [-0.25, -0.2) is 4.39 Å². The predicted octanol–water partition coefficient (Wildman–Crippen LogP) is 3.26. The van der Waals surface area contributed by atoms with Crippen LogP contribution in [-0.4, -0.2) is 35.9 Å². The quantitative estimate of drug-likeness (QED) is 0.851. The third kappa shape index (κ3) is 4.77. The maximum atomic E-state index is 13.1. The van der Waals surface area contributed by atoms with Crippen LogP contribution in [0.4, 0.5) is 4.39 Å². The second kappa shape index (κ2) is 8.39. The number of piperidine rings is 1. The van der Waals surface area contributed by atoms with Gasteiger partial charge in [-0.05, 0) is 36.4 Å². The molecule has 1 saturated heterocycles. The molecule has 1 heterocycles. The Kier molecular flexibility index (Phi) is 5.96. The maximum absolute atomic E-state index is 13.1. The number of nitrogens with two attached hydrogens (primary N) is 1. The van der Waals surface area contributed by atoms with Gasteiger partial charge in [0.05, 0.1) is 10.6 Å². The molecule has 2 amide bonds. The first-order valence-corrected chi connectivity index (χ1v) is 9.06. The number of amides is 2. The van der Waals surface area contributed by atoms with Crippen molar-refractivity contribution in [3.05, 3.63) is 64.9 Å². The highest BCUT2D eigenvalue weighted by Crippen LogP contribution is 2.27. The second-order valence-corrected chi connectivity index (χ2v) is 6.97. The summed E-state index contributed by atoms with van der Waals surface area (Å²) in [5.74, 6) is -0.735. The number of hydrogen-bond donors (Lipinski definition) is 1. The largest absolute Gasteiger partial charge is 0.490 e. The lowest BCUT2D eigenvalue weighted by Gasteiger charge is -2.38. The minimum absolute atomic E-state index is 0.0954. The molecule has 0 aliphatic carbocycles. The highest BCUT2D eigenvalue weighted by atomic mass is 35.5. The molecule has 142 valence electrons. The molecule has 2 aromatic carbocycles. The van der Waals surface area contributed by atoms with E-state index in [1.807, 2.05) is 0 Å². The summed E-state index contributed by atoms with van der Waals surface area (Å²) < 4.78 is 19.0. The van der Waals surface area contributed by atoms with Gasteiger partial charge in [0, 0.05) is 31.8 Å². The van der Waals surface area contributed by atoms with Gasteiger partial charge >= 0.3 is 0 Å². The van der Waals surface area contributed by atoms with Crippen molar-refractivity contribution in [1.82, 2.24) is 4.90 Å². The van der Waals surface area contributed by atoms with E-state index in [-0.39, 0.29) is 30.2 Å². The molecule has 0 radical (unpaired) electrons. The molecule has 0 bridgehead atoms. The molecule has 2 N–H and O–H groups in total. The second-order valence-electron chi connectivity index (χ2n) is 6.56. The van der Waals surface area contributed by atoms with Crippen molar-refractivity contribution >= 4 is 23.4 Å². The molecular weight excluding hydrogens is 371 g/mol. The van der Waals surface area contributed by atoms with Gasteiger partial charge in [0.1, 0.15) is 17.7 Å². The Bertz CT molecular complexity index is 828. The van der Waals surface area contributed by atoms with E-state index in [4.69, 9.17) is 22.1 Å². The number of primary amides is 1. The first-order chi connectivity index (χ1) is 12.9. The van der Waals surface area contributed by atoms with Crippen molar-refractivity contribution in [2.45, 2.75) is 18.9 Å². The van der Waals surface area contributed by atoms with Gasteiger partial charge in [-0.3, -0.25) is 9.59 Å². The molecule has 1 aliphatic heterocycles. The summed E-state index contributed by atoms with van der Waals surface area (Å²) >= 11 is 6.13. The number of nitrogens with zero attached hydrogens (tertiary/aromatic N) is 1. The fourth-order valence-corrected chi connectivity index (χ4v) is 3.51. The predicted molar refractivity (Wildman–Crippen MR) is 100 cm³/mol. The molecular formula is C20H20ClFN2O3. The first kappa shape index (κ1) is 19.2. The standard InChI is InChI=1S/C20H20ClFN2O3/c21-17-4-2-1-3-16(17)20(26)24-10-9-18(13(12-24)11-19(23)25)27-15-7-5-14(22)6-8-15/h1-8,13,18H,9-12H2,(H2,23,25)/t13-,18-/m0/s1. The Morgan fingerprint density at radius 2 is 1.89 bits per heavy atom. The van der Waals surface area contributed by atoms with Gasteiger partial charge in [0.25, 0.3) is 5.91 Å². The molecule has 1 aliphatic rings. The Labute approximate surface area is 161 Å². The zero-order chi connectivity index (χ0) is 19.4. The van der Waals surface area contributed by atoms with Crippen LogP contribution in [0.1, 0.15) is 23.2 Å². The van der Waals surface area contributed by atoms with Crippen LogP contribution < -0.4 is 10.5 Å². The average molecular weight is 391 g/mol. The van der Waals surface area contributed by atoms with Crippen LogP contribution in [-0.2, 0) is 4.79 Å². The normalized spacial score (nSPS) is 19.6. The van der Waals surface area contributed by atoms with Crippen LogP contribution in [0.3, 0.4) is 0 Å². The molecule has 7 heteroatoms. The monoisotopic (exact) mass is 390 g/mol. The van der Waals surface area contributed by atoms with E-state index in [2.05, 4.69) is 0 Å². The Morgan fingerprint density at radius 3 is 2.56 bits per heavy atom. The molecule has 0 saturated carbocycles. The zero-order valence-electron chi connectivity index (χ0n) is 14.6. The topological polar surface area (TPSA) is 72.6 Å². The lowest BCUT2D eigenvalue weighted by Crippen LogP contribution is -2.49. The van der Waals surface area contributed by atoms with Crippen molar-refractivity contribution in [1.29, 1.82) is 0 Å². The van der Waals surface area contributed by atoms with Crippen LogP contribution in [0.5, 0.6) is 5.75 Å². The molecule has 0 spiro atoms. The van der Waals surface area contributed by atoms with Gasteiger partial charge in [0.2, 0.25) is 5.91 Å². The number of hydrogen-bond acceptors (Lipinski definition) is 3. The number of ether oxygens (including phenoxy) is 1. The van der Waals surface area contributed by atoms with Crippen LogP contribution in [0.25, 0.3) is 0 Å². The van der Waals surface area contributed by atoms with Gasteiger partial charge in [-0.15, -0.1) is 0 Å². The lowest BCUT2D eigenvalue weighted by atomic mass is 9.90. The average Bonchev–Trinajstić information content (AvgIpc) is 2.64. The molecule has 2 aromatic rings. The van der Waals surface area contributed by atoms with Crippen LogP contribution >= 0.6 is 11.6 Å². The van der Waals surface area contributed by atoms with Gasteiger partial charge in [0.15, 0.2) is 0 Å². The number of rotatable bonds is 5. The minimum atomic E-state index is -0.459. The van der Waals surface area contributed by atoms with E-state index in [1.54, 1.807) is 29.2 Å². The number of carbonyl (C=O) groups excluding carboxylic acids is 2. The lowest BCUT2D eigenvalue weighted by molar-refractivity contribution is -0.120. The number of carbonyl (C=O) groups is 2. The van der Waals surface area contributed by atoms with E-state index >= 15 is 0 Å². The molecule has 27 heavy (non-hydrogen) atoms. The molecule has 3 rings (SSSR count). The highest BCUT2D eigenvalue weighted by molar-refractivity contribution is 6.33. The highest BCUT2D eigenvalue weighted by Gasteiger charge is 2.34. The van der Waals surface area contributed by atoms with Gasteiger partial charge in [-0.1, -0.05) is 23.7 Å². The summed E-state index contributed by atoms with van der Waals surface area (Å²) in [6, 6.07) is 12.6. The summed E-state index contributed by atoms with van der Waals surface area (Å²) in [6.07, 6.45) is 0.335. The molecule has 0 unspecified atom stereocenters. The maximum Gasteiger partial charge on any atom is 0.255 e. The Balaban J connectivity index is 1.74. The molecule has 5 nitrogen and oxygen atoms in total. The molecule has 0 aromatic heterocycles. The third-order valence-electron chi connectivity index (χ3n) is 4.62. The van der Waals surface area contributed by atoms with E-state index in [1.165, 1.54) is 24.3 Å². The number of halogens is 2. The van der Waals surface area contributed by atoms with E-state index < -0.39 is 5.91 Å². The fourth-order valence-electron chi connectivity index (χ4n) is 3.30. The summed E-state index contributed by atoms with van der Waals surface area (Å²) in [5, 5.41) is 0.388. The number of benzene rings is 2. The van der Waals surface area contributed by atoms with Crippen LogP contribution in [0.2, 0.25) is 5.02 Å². The smallest absolute Gasteiger partial charge is 0.255 e. The van der Waals surface area contributed by atoms with Gasteiger partial charge < -0.3 is 15.4 Å². The SMILES string of the molecule is NC(=O)C[C@H]1CN(C(=O)c2ccccc2Cl)CC[C@@H]1Oc1ccc(F)cc1. The van der Waals surface area contributed by atoms with Gasteiger partial charge in [-0.2, -0.15) is 0 Å². The van der Waals surface area contributed by atoms with E-state index in [0.717, 1.165) is 0 Å². The molecule has 1 fully saturated rings. The summed E-state index contributed by atoms with van der Waals surface area (Å²) in [5.41, 5.74) is 5.81. The number of likely N-dealkylation sites (tertiary alicyclic amines) is 1. The van der Waals surface area contributed by atoms with Crippen molar-refractivity contribution in [3.8, 4) is 5.75 Å². The van der Waals surface area contributed by atoms with E-state index in [0.29, 0.717) is 35.8 Å². The van der Waals surface area contributed by atoms with Crippen molar-refractivity contribution < 1.29 is 18.7 Å². The Hall–Kier alpha value is -2.60. The molecule has 2 atom stereocenters. The summed E-state index contributed by atoms with van der Waals surface area (Å²) in [4.78, 5) is 26.0. The fraction of sp³-hybridized carbons (Fsp3) is 0.300.